The van der Waals surface area contributed by atoms with Crippen molar-refractivity contribution < 1.29 is 14.8 Å². The molecule has 110 valence electrons. The van der Waals surface area contributed by atoms with Gasteiger partial charge >= 0.3 is 5.69 Å². The lowest BCUT2D eigenvalue weighted by atomic mass is 10.1. The molecule has 1 saturated heterocycles. The molecule has 20 heavy (non-hydrogen) atoms. The van der Waals surface area contributed by atoms with Crippen molar-refractivity contribution in [2.45, 2.75) is 32.3 Å². The molecule has 1 aliphatic rings. The molecule has 0 radical (unpaired) electrons. The Hall–Kier alpha value is -1.82. The Morgan fingerprint density at radius 2 is 2.15 bits per heavy atom. The summed E-state index contributed by atoms with van der Waals surface area (Å²) in [6.45, 7) is 3.67. The normalized spacial score (nSPS) is 16.2. The van der Waals surface area contributed by atoms with Crippen LogP contribution in [0.15, 0.2) is 18.2 Å². The van der Waals surface area contributed by atoms with Crippen LogP contribution in [0.2, 0.25) is 0 Å². The molecule has 1 N–H and O–H groups in total. The highest BCUT2D eigenvalue weighted by Gasteiger charge is 2.27. The van der Waals surface area contributed by atoms with Crippen molar-refractivity contribution >= 4 is 11.4 Å². The molecule has 1 heterocycles. The zero-order valence-electron chi connectivity index (χ0n) is 11.6. The lowest BCUT2D eigenvalue weighted by Crippen LogP contribution is -2.36. The molecule has 6 nitrogen and oxygen atoms in total. The third-order valence-electron chi connectivity index (χ3n) is 3.43. The largest absolute Gasteiger partial charge is 0.487 e. The number of ether oxygens (including phenoxy) is 1. The van der Waals surface area contributed by atoms with E-state index in [1.807, 2.05) is 11.8 Å². The van der Waals surface area contributed by atoms with Crippen LogP contribution >= 0.6 is 0 Å². The van der Waals surface area contributed by atoms with Gasteiger partial charge in [0.25, 0.3) is 0 Å². The Labute approximate surface area is 118 Å². The van der Waals surface area contributed by atoms with Gasteiger partial charge in [0.1, 0.15) is 5.69 Å². The van der Waals surface area contributed by atoms with Crippen LogP contribution in [-0.4, -0.2) is 35.8 Å². The minimum atomic E-state index is -0.384. The van der Waals surface area contributed by atoms with Crippen LogP contribution in [0.3, 0.4) is 0 Å². The molecule has 0 spiro atoms. The molecule has 1 aliphatic heterocycles. The number of nitrogens with zero attached hydrogens (tertiary/aromatic N) is 2. The lowest BCUT2D eigenvalue weighted by Gasteiger charge is -2.31. The first kappa shape index (κ1) is 14.6. The van der Waals surface area contributed by atoms with Gasteiger partial charge in [0, 0.05) is 13.1 Å². The highest BCUT2D eigenvalue weighted by molar-refractivity contribution is 5.70. The van der Waals surface area contributed by atoms with E-state index in [0.717, 1.165) is 6.42 Å². The molecule has 0 saturated carbocycles. The average molecular weight is 280 g/mol. The summed E-state index contributed by atoms with van der Waals surface area (Å²) in [6.07, 6.45) is 1.77. The van der Waals surface area contributed by atoms with Crippen LogP contribution in [0.5, 0.6) is 5.75 Å². The van der Waals surface area contributed by atoms with Crippen LogP contribution in [-0.2, 0) is 0 Å². The summed E-state index contributed by atoms with van der Waals surface area (Å²) in [4.78, 5) is 12.9. The summed E-state index contributed by atoms with van der Waals surface area (Å²) >= 11 is 0. The molecule has 2 rings (SSSR count). The van der Waals surface area contributed by atoms with Gasteiger partial charge in [0.2, 0.25) is 0 Å². The minimum Gasteiger partial charge on any atom is -0.487 e. The zero-order chi connectivity index (χ0) is 14.5. The van der Waals surface area contributed by atoms with Crippen molar-refractivity contribution in [3.05, 3.63) is 28.3 Å². The van der Waals surface area contributed by atoms with Gasteiger partial charge in [-0.15, -0.1) is 0 Å². The van der Waals surface area contributed by atoms with Gasteiger partial charge < -0.3 is 14.7 Å². The highest BCUT2D eigenvalue weighted by Crippen LogP contribution is 2.38. The number of aliphatic hydroxyl groups is 1. The van der Waals surface area contributed by atoms with Crippen molar-refractivity contribution in [2.24, 2.45) is 0 Å². The first-order valence-corrected chi connectivity index (χ1v) is 6.96. The minimum absolute atomic E-state index is 0.0253. The number of benzene rings is 1. The highest BCUT2D eigenvalue weighted by atomic mass is 16.6. The van der Waals surface area contributed by atoms with Crippen LogP contribution in [0.25, 0.3) is 0 Å². The number of aliphatic hydroxyl groups excluding tert-OH is 1. The number of nitro groups is 1. The van der Waals surface area contributed by atoms with E-state index in [1.54, 1.807) is 18.2 Å². The summed E-state index contributed by atoms with van der Waals surface area (Å²) in [7, 11) is 0. The number of hydrogen-bond acceptors (Lipinski definition) is 5. The Morgan fingerprint density at radius 1 is 1.45 bits per heavy atom. The van der Waals surface area contributed by atoms with E-state index < -0.39 is 0 Å². The molecule has 0 unspecified atom stereocenters. The molecule has 0 aromatic heterocycles. The molecule has 1 aromatic rings. The second-order valence-electron chi connectivity index (χ2n) is 4.95. The van der Waals surface area contributed by atoms with Gasteiger partial charge in [-0.25, -0.2) is 0 Å². The summed E-state index contributed by atoms with van der Waals surface area (Å²) < 4.78 is 5.48. The van der Waals surface area contributed by atoms with Gasteiger partial charge in [-0.3, -0.25) is 10.1 Å². The fourth-order valence-electron chi connectivity index (χ4n) is 2.38. The predicted molar refractivity (Wildman–Crippen MR) is 76.3 cm³/mol. The van der Waals surface area contributed by atoms with E-state index in [-0.39, 0.29) is 16.7 Å². The number of anilines is 1. The van der Waals surface area contributed by atoms with Crippen LogP contribution in [0, 0.1) is 10.1 Å². The Balaban J connectivity index is 2.29. The first-order valence-electron chi connectivity index (χ1n) is 6.96. The number of piperidine rings is 1. The van der Waals surface area contributed by atoms with Crippen molar-refractivity contribution in [1.82, 2.24) is 0 Å². The maximum Gasteiger partial charge on any atom is 0.333 e. The Kier molecular flexibility index (Phi) is 4.79. The third kappa shape index (κ3) is 3.19. The summed E-state index contributed by atoms with van der Waals surface area (Å²) in [5.74, 6) is 0.320. The van der Waals surface area contributed by atoms with Crippen molar-refractivity contribution in [3.63, 3.8) is 0 Å². The Bertz CT molecular complexity index is 470. The van der Waals surface area contributed by atoms with E-state index >= 15 is 0 Å². The molecule has 6 heteroatoms. The van der Waals surface area contributed by atoms with Crippen molar-refractivity contribution in [1.29, 1.82) is 0 Å². The zero-order valence-corrected chi connectivity index (χ0v) is 11.6. The average Bonchev–Trinajstić information content (AvgIpc) is 2.45. The fraction of sp³-hybridized carbons (Fsp3) is 0.571. The summed E-state index contributed by atoms with van der Waals surface area (Å²) in [5, 5.41) is 20.9. The maximum absolute atomic E-state index is 11.4. The van der Waals surface area contributed by atoms with Crippen LogP contribution < -0.4 is 9.64 Å². The second-order valence-corrected chi connectivity index (χ2v) is 4.95. The van der Waals surface area contributed by atoms with Gasteiger partial charge in [-0.2, -0.15) is 0 Å². The lowest BCUT2D eigenvalue weighted by molar-refractivity contribution is -0.385. The number of nitro benzene ring substituents is 1. The third-order valence-corrected chi connectivity index (χ3v) is 3.43. The number of para-hydroxylation sites is 1. The van der Waals surface area contributed by atoms with E-state index in [2.05, 4.69) is 0 Å². The van der Waals surface area contributed by atoms with Crippen LogP contribution in [0.4, 0.5) is 11.4 Å². The quantitative estimate of drug-likeness (QED) is 0.662. The summed E-state index contributed by atoms with van der Waals surface area (Å²) in [6, 6.07) is 5.16. The number of rotatable bonds is 5. The monoisotopic (exact) mass is 280 g/mol. The van der Waals surface area contributed by atoms with Crippen molar-refractivity contribution in [3.8, 4) is 5.75 Å². The second kappa shape index (κ2) is 6.56. The molecular formula is C14H20N2O4. The molecule has 0 atom stereocenters. The molecule has 0 bridgehead atoms. The van der Waals surface area contributed by atoms with Gasteiger partial charge in [0.05, 0.1) is 17.6 Å². The van der Waals surface area contributed by atoms with E-state index in [1.165, 1.54) is 0 Å². The molecule has 0 aliphatic carbocycles. The fourth-order valence-corrected chi connectivity index (χ4v) is 2.38. The van der Waals surface area contributed by atoms with E-state index in [0.29, 0.717) is 44.0 Å². The predicted octanol–water partition coefficient (Wildman–Crippen LogP) is 2.34. The molecule has 1 aromatic carbocycles. The van der Waals surface area contributed by atoms with Gasteiger partial charge in [0.15, 0.2) is 5.75 Å². The van der Waals surface area contributed by atoms with Gasteiger partial charge in [-0.1, -0.05) is 13.0 Å². The smallest absolute Gasteiger partial charge is 0.333 e. The van der Waals surface area contributed by atoms with Crippen molar-refractivity contribution in [2.75, 3.05) is 24.6 Å². The molecule has 1 fully saturated rings. The number of hydrogen-bond donors (Lipinski definition) is 1. The molecule has 0 amide bonds. The standard InChI is InChI=1S/C14H20N2O4/c1-2-10-20-13-5-3-4-12(14(13)16(18)19)15-8-6-11(17)7-9-15/h3-5,11,17H,2,6-10H2,1H3. The summed E-state index contributed by atoms with van der Waals surface area (Å²) in [5.41, 5.74) is 0.604. The van der Waals surface area contributed by atoms with E-state index in [4.69, 9.17) is 4.74 Å². The maximum atomic E-state index is 11.4. The van der Waals surface area contributed by atoms with E-state index in [9.17, 15) is 15.2 Å². The molecular weight excluding hydrogens is 260 g/mol. The Morgan fingerprint density at radius 3 is 2.75 bits per heavy atom. The SMILES string of the molecule is CCCOc1cccc(N2CCC(O)CC2)c1[N+](=O)[O-]. The van der Waals surface area contributed by atoms with Gasteiger partial charge in [-0.05, 0) is 31.4 Å². The van der Waals surface area contributed by atoms with Crippen LogP contribution in [0.1, 0.15) is 26.2 Å². The first-order chi connectivity index (χ1) is 9.63. The topological polar surface area (TPSA) is 75.8 Å².